The molecule has 0 amide bonds. The molecule has 1 aliphatic carbocycles. The lowest BCUT2D eigenvalue weighted by Crippen LogP contribution is -2.35. The Bertz CT molecular complexity index is 341. The summed E-state index contributed by atoms with van der Waals surface area (Å²) in [6.07, 6.45) is -1.39. The summed E-state index contributed by atoms with van der Waals surface area (Å²) in [4.78, 5) is 3.69. The van der Waals surface area contributed by atoms with Crippen LogP contribution in [0, 0.1) is 0 Å². The van der Waals surface area contributed by atoms with Gasteiger partial charge in [-0.2, -0.15) is 13.2 Å². The van der Waals surface area contributed by atoms with Gasteiger partial charge in [-0.15, -0.1) is 11.6 Å². The average Bonchev–Trinajstić information content (AvgIpc) is 2.78. The molecule has 14 heavy (non-hydrogen) atoms. The molecule has 0 bridgehead atoms. The number of hydrogen-bond donors (Lipinski definition) is 0. The summed E-state index contributed by atoms with van der Waals surface area (Å²) in [7, 11) is 0. The summed E-state index contributed by atoms with van der Waals surface area (Å²) < 4.78 is 39.2. The Morgan fingerprint density at radius 1 is 1.50 bits per heavy atom. The van der Waals surface area contributed by atoms with Gasteiger partial charge in [-0.3, -0.25) is 0 Å². The lowest BCUT2D eigenvalue weighted by atomic mass is 10.2. The number of imidazole rings is 1. The summed E-state index contributed by atoms with van der Waals surface area (Å²) in [5.41, 5.74) is -1.31. The van der Waals surface area contributed by atoms with Gasteiger partial charge in [0.1, 0.15) is 5.54 Å². The predicted molar refractivity (Wildman–Crippen MR) is 45.0 cm³/mol. The topological polar surface area (TPSA) is 17.8 Å². The number of hydrogen-bond acceptors (Lipinski definition) is 1. The SMILES string of the molecule is FC(F)(F)C1(n2cncc2CCl)CC1. The molecule has 0 unspecified atom stereocenters. The van der Waals surface area contributed by atoms with Gasteiger partial charge in [0.25, 0.3) is 0 Å². The van der Waals surface area contributed by atoms with Gasteiger partial charge in [0, 0.05) is 6.20 Å². The van der Waals surface area contributed by atoms with E-state index in [0.29, 0.717) is 5.69 Å². The standard InChI is InChI=1S/C8H8ClF3N2/c9-3-6-4-13-5-14(6)7(1-2-7)8(10,11)12/h4-5H,1-3H2. The van der Waals surface area contributed by atoms with E-state index in [2.05, 4.69) is 4.98 Å². The van der Waals surface area contributed by atoms with Crippen LogP contribution in [-0.4, -0.2) is 15.7 Å². The third kappa shape index (κ3) is 1.22. The molecule has 0 N–H and O–H groups in total. The van der Waals surface area contributed by atoms with E-state index >= 15 is 0 Å². The van der Waals surface area contributed by atoms with Crippen molar-refractivity contribution in [2.45, 2.75) is 30.4 Å². The minimum atomic E-state index is -4.21. The molecule has 0 aliphatic heterocycles. The molecular weight excluding hydrogens is 217 g/mol. The van der Waals surface area contributed by atoms with Gasteiger partial charge in [-0.05, 0) is 12.8 Å². The molecule has 1 fully saturated rings. The molecule has 1 aromatic rings. The van der Waals surface area contributed by atoms with Crippen LogP contribution in [0.4, 0.5) is 13.2 Å². The normalized spacial score (nSPS) is 19.7. The first-order valence-electron chi connectivity index (χ1n) is 4.16. The zero-order chi connectivity index (χ0) is 10.4. The number of alkyl halides is 4. The largest absolute Gasteiger partial charge is 0.411 e. The third-order valence-electron chi connectivity index (χ3n) is 2.56. The Morgan fingerprint density at radius 2 is 2.14 bits per heavy atom. The molecule has 2 rings (SSSR count). The highest BCUT2D eigenvalue weighted by Crippen LogP contribution is 2.55. The molecule has 1 aromatic heterocycles. The van der Waals surface area contributed by atoms with Crippen molar-refractivity contribution < 1.29 is 13.2 Å². The van der Waals surface area contributed by atoms with E-state index in [4.69, 9.17) is 11.6 Å². The van der Waals surface area contributed by atoms with Crippen LogP contribution in [0.3, 0.4) is 0 Å². The monoisotopic (exact) mass is 224 g/mol. The van der Waals surface area contributed by atoms with E-state index in [0.717, 1.165) is 4.57 Å². The van der Waals surface area contributed by atoms with Crippen molar-refractivity contribution in [2.75, 3.05) is 0 Å². The van der Waals surface area contributed by atoms with Gasteiger partial charge < -0.3 is 4.57 Å². The zero-order valence-corrected chi connectivity index (χ0v) is 7.94. The van der Waals surface area contributed by atoms with Crippen LogP contribution in [0.25, 0.3) is 0 Å². The Kier molecular flexibility index (Phi) is 2.03. The summed E-state index contributed by atoms with van der Waals surface area (Å²) >= 11 is 5.53. The predicted octanol–water partition coefficient (Wildman–Crippen LogP) is 2.67. The molecule has 78 valence electrons. The van der Waals surface area contributed by atoms with Crippen LogP contribution >= 0.6 is 11.6 Å². The van der Waals surface area contributed by atoms with Crippen molar-refractivity contribution in [3.05, 3.63) is 18.2 Å². The maximum absolute atomic E-state index is 12.7. The third-order valence-corrected chi connectivity index (χ3v) is 2.84. The number of halogens is 4. The Balaban J connectivity index is 2.40. The van der Waals surface area contributed by atoms with Gasteiger partial charge >= 0.3 is 6.18 Å². The van der Waals surface area contributed by atoms with Crippen LogP contribution in [0.5, 0.6) is 0 Å². The molecule has 1 heterocycles. The maximum Gasteiger partial charge on any atom is 0.411 e. The summed E-state index contributed by atoms with van der Waals surface area (Å²) in [6, 6.07) is 0. The minimum Gasteiger partial charge on any atom is -0.318 e. The quantitative estimate of drug-likeness (QED) is 0.707. The molecule has 0 radical (unpaired) electrons. The molecule has 0 saturated heterocycles. The van der Waals surface area contributed by atoms with Crippen LogP contribution < -0.4 is 0 Å². The molecule has 0 atom stereocenters. The van der Waals surface area contributed by atoms with E-state index in [1.54, 1.807) is 0 Å². The van der Waals surface area contributed by atoms with Crippen molar-refractivity contribution in [1.82, 2.24) is 9.55 Å². The molecule has 0 aromatic carbocycles. The highest BCUT2D eigenvalue weighted by Gasteiger charge is 2.65. The highest BCUT2D eigenvalue weighted by atomic mass is 35.5. The van der Waals surface area contributed by atoms with Crippen LogP contribution in [0.1, 0.15) is 18.5 Å². The zero-order valence-electron chi connectivity index (χ0n) is 7.18. The highest BCUT2D eigenvalue weighted by molar-refractivity contribution is 6.16. The van der Waals surface area contributed by atoms with Crippen LogP contribution in [0.2, 0.25) is 0 Å². The molecule has 2 nitrogen and oxygen atoms in total. The lowest BCUT2D eigenvalue weighted by molar-refractivity contribution is -0.180. The van der Waals surface area contributed by atoms with E-state index < -0.39 is 11.7 Å². The van der Waals surface area contributed by atoms with Crippen molar-refractivity contribution in [3.63, 3.8) is 0 Å². The maximum atomic E-state index is 12.7. The van der Waals surface area contributed by atoms with Crippen molar-refractivity contribution in [1.29, 1.82) is 0 Å². The lowest BCUT2D eigenvalue weighted by Gasteiger charge is -2.22. The van der Waals surface area contributed by atoms with Gasteiger partial charge in [-0.1, -0.05) is 0 Å². The second-order valence-electron chi connectivity index (χ2n) is 3.42. The van der Waals surface area contributed by atoms with Gasteiger partial charge in [-0.25, -0.2) is 4.98 Å². The fraction of sp³-hybridized carbons (Fsp3) is 0.625. The molecule has 6 heteroatoms. The first kappa shape index (κ1) is 9.83. The minimum absolute atomic E-state index is 0.0534. The Hall–Kier alpha value is -0.710. The van der Waals surface area contributed by atoms with Gasteiger partial charge in [0.05, 0.1) is 17.9 Å². The number of nitrogens with zero attached hydrogens (tertiary/aromatic N) is 2. The average molecular weight is 225 g/mol. The van der Waals surface area contributed by atoms with E-state index in [1.807, 2.05) is 0 Å². The molecule has 1 aliphatic rings. The first-order chi connectivity index (χ1) is 6.51. The van der Waals surface area contributed by atoms with Crippen molar-refractivity contribution in [3.8, 4) is 0 Å². The summed E-state index contributed by atoms with van der Waals surface area (Å²) in [6.45, 7) is 0. The smallest absolute Gasteiger partial charge is 0.318 e. The molecule has 0 spiro atoms. The summed E-state index contributed by atoms with van der Waals surface area (Å²) in [5, 5.41) is 0. The number of aromatic nitrogens is 2. The van der Waals surface area contributed by atoms with Crippen LogP contribution in [-0.2, 0) is 11.4 Å². The van der Waals surface area contributed by atoms with E-state index in [1.165, 1.54) is 12.5 Å². The summed E-state index contributed by atoms with van der Waals surface area (Å²) in [5.74, 6) is 0.0534. The second kappa shape index (κ2) is 2.89. The first-order valence-corrected chi connectivity index (χ1v) is 4.69. The van der Waals surface area contributed by atoms with Crippen molar-refractivity contribution >= 4 is 11.6 Å². The van der Waals surface area contributed by atoms with Crippen molar-refractivity contribution in [2.24, 2.45) is 0 Å². The fourth-order valence-electron chi connectivity index (χ4n) is 1.59. The van der Waals surface area contributed by atoms with Crippen LogP contribution in [0.15, 0.2) is 12.5 Å². The molecule has 1 saturated carbocycles. The van der Waals surface area contributed by atoms with E-state index in [-0.39, 0.29) is 18.7 Å². The van der Waals surface area contributed by atoms with E-state index in [9.17, 15) is 13.2 Å². The Morgan fingerprint density at radius 3 is 2.57 bits per heavy atom. The number of rotatable bonds is 2. The molecular formula is C8H8ClF3N2. The van der Waals surface area contributed by atoms with Gasteiger partial charge in [0.2, 0.25) is 0 Å². The van der Waals surface area contributed by atoms with Gasteiger partial charge in [0.15, 0.2) is 0 Å². The fourth-order valence-corrected chi connectivity index (χ4v) is 1.78. The Labute approximate surface area is 83.7 Å². The second-order valence-corrected chi connectivity index (χ2v) is 3.69.